The average Bonchev–Trinajstić information content (AvgIpc) is 2.93. The molecule has 2 heterocycles. The van der Waals surface area contributed by atoms with E-state index in [1.54, 1.807) is 12.3 Å². The summed E-state index contributed by atoms with van der Waals surface area (Å²) in [5, 5.41) is 9.43. The van der Waals surface area contributed by atoms with Gasteiger partial charge in [0, 0.05) is 24.8 Å². The summed E-state index contributed by atoms with van der Waals surface area (Å²) in [6.45, 7) is 1.75. The Kier molecular flexibility index (Phi) is 4.06. The number of carboxylic acid groups (broad SMARTS) is 1. The topological polar surface area (TPSA) is 62.7 Å². The lowest BCUT2D eigenvalue weighted by Crippen LogP contribution is -2.22. The zero-order valence-electron chi connectivity index (χ0n) is 12.4. The number of likely N-dealkylation sites (N-methyl/N-ethyl adjacent to an activating group) is 1. The van der Waals surface area contributed by atoms with Gasteiger partial charge in [0.15, 0.2) is 0 Å². The second-order valence-corrected chi connectivity index (χ2v) is 5.54. The van der Waals surface area contributed by atoms with Crippen molar-refractivity contribution in [1.82, 2.24) is 9.88 Å². The first-order chi connectivity index (χ1) is 10.6. The number of hydrogen-bond donors (Lipinski definition) is 1. The lowest BCUT2D eigenvalue weighted by atomic mass is 10.1. The van der Waals surface area contributed by atoms with E-state index in [1.807, 2.05) is 37.4 Å². The molecule has 0 aliphatic carbocycles. The maximum Gasteiger partial charge on any atom is 0.341 e. The van der Waals surface area contributed by atoms with Crippen LogP contribution in [-0.2, 0) is 0 Å². The highest BCUT2D eigenvalue weighted by atomic mass is 16.5. The Hall–Kier alpha value is -2.40. The molecule has 1 N–H and O–H groups in total. The number of aromatic nitrogens is 1. The monoisotopic (exact) mass is 298 g/mol. The smallest absolute Gasteiger partial charge is 0.341 e. The van der Waals surface area contributed by atoms with Gasteiger partial charge in [-0.25, -0.2) is 9.78 Å². The summed E-state index contributed by atoms with van der Waals surface area (Å²) in [7, 11) is 2.02. The minimum absolute atomic E-state index is 0.00169. The van der Waals surface area contributed by atoms with E-state index in [1.165, 1.54) is 0 Å². The van der Waals surface area contributed by atoms with E-state index in [0.29, 0.717) is 0 Å². The lowest BCUT2D eigenvalue weighted by Gasteiger charge is -2.15. The predicted octanol–water partition coefficient (Wildman–Crippen LogP) is 2.53. The van der Waals surface area contributed by atoms with Crippen LogP contribution in [0.4, 0.5) is 0 Å². The van der Waals surface area contributed by atoms with Gasteiger partial charge in [0.1, 0.15) is 11.7 Å². The highest BCUT2D eigenvalue weighted by molar-refractivity contribution is 5.91. The molecule has 0 spiro atoms. The Labute approximate surface area is 129 Å². The summed E-state index contributed by atoms with van der Waals surface area (Å²) >= 11 is 0. The predicted molar refractivity (Wildman–Crippen MR) is 83.2 cm³/mol. The average molecular weight is 298 g/mol. The van der Waals surface area contributed by atoms with Crippen molar-refractivity contribution < 1.29 is 14.6 Å². The molecule has 1 aliphatic rings. The van der Waals surface area contributed by atoms with Gasteiger partial charge in [-0.1, -0.05) is 30.3 Å². The summed E-state index contributed by atoms with van der Waals surface area (Å²) in [5.74, 6) is -0.820. The zero-order chi connectivity index (χ0) is 15.5. The van der Waals surface area contributed by atoms with Crippen molar-refractivity contribution in [2.24, 2.45) is 0 Å². The van der Waals surface area contributed by atoms with Gasteiger partial charge in [-0.15, -0.1) is 0 Å². The number of benzene rings is 1. The van der Waals surface area contributed by atoms with E-state index in [2.05, 4.69) is 9.88 Å². The first-order valence-electron chi connectivity index (χ1n) is 7.27. The molecule has 0 saturated carbocycles. The van der Waals surface area contributed by atoms with Crippen LogP contribution in [0.5, 0.6) is 5.88 Å². The first-order valence-corrected chi connectivity index (χ1v) is 7.27. The molecule has 1 aromatic heterocycles. The number of rotatable bonds is 4. The molecule has 5 heteroatoms. The minimum Gasteiger partial charge on any atom is -0.477 e. The molecule has 1 aromatic carbocycles. The van der Waals surface area contributed by atoms with Gasteiger partial charge in [0.2, 0.25) is 5.88 Å². The SMILES string of the molecule is CN1CCC(Oc2ncc(-c3ccccc3)cc2C(=O)O)C1. The van der Waals surface area contributed by atoms with E-state index >= 15 is 0 Å². The van der Waals surface area contributed by atoms with Crippen LogP contribution in [0.15, 0.2) is 42.6 Å². The number of carboxylic acids is 1. The Morgan fingerprint density at radius 1 is 1.32 bits per heavy atom. The van der Waals surface area contributed by atoms with E-state index in [-0.39, 0.29) is 17.5 Å². The highest BCUT2D eigenvalue weighted by Gasteiger charge is 2.24. The Morgan fingerprint density at radius 3 is 2.73 bits per heavy atom. The third-order valence-electron chi connectivity index (χ3n) is 3.82. The highest BCUT2D eigenvalue weighted by Crippen LogP contribution is 2.26. The number of carbonyl (C=O) groups is 1. The fourth-order valence-corrected chi connectivity index (χ4v) is 2.64. The summed E-state index contributed by atoms with van der Waals surface area (Å²) in [6.07, 6.45) is 2.55. The summed E-state index contributed by atoms with van der Waals surface area (Å²) in [5.41, 5.74) is 1.81. The van der Waals surface area contributed by atoms with Crippen LogP contribution in [-0.4, -0.2) is 47.2 Å². The molecule has 0 amide bonds. The van der Waals surface area contributed by atoms with Gasteiger partial charge in [0.25, 0.3) is 0 Å². The van der Waals surface area contributed by atoms with Crippen molar-refractivity contribution in [3.8, 4) is 17.0 Å². The second kappa shape index (κ2) is 6.15. The normalized spacial score (nSPS) is 18.3. The van der Waals surface area contributed by atoms with Crippen LogP contribution in [0, 0.1) is 0 Å². The Morgan fingerprint density at radius 2 is 2.09 bits per heavy atom. The molecule has 1 atom stereocenters. The van der Waals surface area contributed by atoms with E-state index in [4.69, 9.17) is 4.74 Å². The summed E-state index contributed by atoms with van der Waals surface area (Å²) < 4.78 is 5.80. The molecule has 0 radical (unpaired) electrons. The molecule has 1 unspecified atom stereocenters. The summed E-state index contributed by atoms with van der Waals surface area (Å²) in [4.78, 5) is 17.9. The molecular formula is C17H18N2O3. The Balaban J connectivity index is 1.89. The van der Waals surface area contributed by atoms with Crippen molar-refractivity contribution in [3.63, 3.8) is 0 Å². The molecule has 114 valence electrons. The molecule has 1 saturated heterocycles. The van der Waals surface area contributed by atoms with Gasteiger partial charge in [-0.2, -0.15) is 0 Å². The van der Waals surface area contributed by atoms with Crippen LogP contribution in [0.3, 0.4) is 0 Å². The Bertz CT molecular complexity index is 673. The number of ether oxygens (including phenoxy) is 1. The number of pyridine rings is 1. The lowest BCUT2D eigenvalue weighted by molar-refractivity contribution is 0.0688. The number of nitrogens with zero attached hydrogens (tertiary/aromatic N) is 2. The molecule has 1 aliphatic heterocycles. The third kappa shape index (κ3) is 3.09. The van der Waals surface area contributed by atoms with E-state index in [0.717, 1.165) is 30.6 Å². The minimum atomic E-state index is -1.02. The van der Waals surface area contributed by atoms with Crippen LogP contribution < -0.4 is 4.74 Å². The largest absolute Gasteiger partial charge is 0.477 e. The van der Waals surface area contributed by atoms with Crippen LogP contribution in [0.2, 0.25) is 0 Å². The maximum absolute atomic E-state index is 11.5. The second-order valence-electron chi connectivity index (χ2n) is 5.54. The van der Waals surface area contributed by atoms with Crippen molar-refractivity contribution in [3.05, 3.63) is 48.2 Å². The molecule has 1 fully saturated rings. The molecule has 5 nitrogen and oxygen atoms in total. The molecule has 3 rings (SSSR count). The van der Waals surface area contributed by atoms with Gasteiger partial charge in [-0.3, -0.25) is 0 Å². The van der Waals surface area contributed by atoms with Crippen molar-refractivity contribution in [1.29, 1.82) is 0 Å². The number of hydrogen-bond acceptors (Lipinski definition) is 4. The van der Waals surface area contributed by atoms with Crippen LogP contribution in [0.1, 0.15) is 16.8 Å². The standard InChI is InChI=1S/C17H18N2O3/c1-19-8-7-14(11-19)22-16-15(17(20)21)9-13(10-18-16)12-5-3-2-4-6-12/h2-6,9-10,14H,7-8,11H2,1H3,(H,20,21). The maximum atomic E-state index is 11.5. The third-order valence-corrected chi connectivity index (χ3v) is 3.82. The van der Waals surface area contributed by atoms with Crippen molar-refractivity contribution in [2.45, 2.75) is 12.5 Å². The number of likely N-dealkylation sites (tertiary alicyclic amines) is 1. The van der Waals surface area contributed by atoms with E-state index in [9.17, 15) is 9.90 Å². The fraction of sp³-hybridized carbons (Fsp3) is 0.294. The van der Waals surface area contributed by atoms with E-state index < -0.39 is 5.97 Å². The van der Waals surface area contributed by atoms with Gasteiger partial charge < -0.3 is 14.7 Å². The number of aromatic carboxylic acids is 1. The molecule has 22 heavy (non-hydrogen) atoms. The quantitative estimate of drug-likeness (QED) is 0.939. The fourth-order valence-electron chi connectivity index (χ4n) is 2.64. The van der Waals surface area contributed by atoms with Gasteiger partial charge >= 0.3 is 5.97 Å². The van der Waals surface area contributed by atoms with Gasteiger partial charge in [0.05, 0.1) is 0 Å². The zero-order valence-corrected chi connectivity index (χ0v) is 12.4. The first kappa shape index (κ1) is 14.5. The van der Waals surface area contributed by atoms with Gasteiger partial charge in [-0.05, 0) is 25.1 Å². The molecule has 2 aromatic rings. The van der Waals surface area contributed by atoms with Crippen LogP contribution >= 0.6 is 0 Å². The van der Waals surface area contributed by atoms with Crippen LogP contribution in [0.25, 0.3) is 11.1 Å². The molecule has 0 bridgehead atoms. The molecular weight excluding hydrogens is 280 g/mol. The van der Waals surface area contributed by atoms with Crippen molar-refractivity contribution in [2.75, 3.05) is 20.1 Å². The van der Waals surface area contributed by atoms with Crippen molar-refractivity contribution >= 4 is 5.97 Å². The summed E-state index contributed by atoms with van der Waals surface area (Å²) in [6, 6.07) is 11.2.